The number of hydrogen-bond donors (Lipinski definition) is 1. The van der Waals surface area contributed by atoms with Gasteiger partial charge in [-0.3, -0.25) is 9.59 Å². The molecule has 1 aromatic rings. The molecule has 0 atom stereocenters. The molecule has 3 rings (SSSR count). The molecule has 138 valence electrons. The van der Waals surface area contributed by atoms with E-state index in [0.29, 0.717) is 18.5 Å². The van der Waals surface area contributed by atoms with E-state index in [1.165, 1.54) is 16.6 Å². The first-order chi connectivity index (χ1) is 11.8. The molecule has 1 saturated carbocycles. The fourth-order valence-electron chi connectivity index (χ4n) is 3.28. The molecule has 10 heteroatoms. The van der Waals surface area contributed by atoms with E-state index in [-0.39, 0.29) is 44.3 Å². The SMILES string of the molecule is O=C(CC1(C(=O)O)CCC1)N1CCN(S(=O)(=O)Cc2ccon2)CC1. The lowest BCUT2D eigenvalue weighted by Crippen LogP contribution is -2.52. The van der Waals surface area contributed by atoms with Crippen LogP contribution in [0.1, 0.15) is 31.4 Å². The van der Waals surface area contributed by atoms with Crippen molar-refractivity contribution in [2.24, 2.45) is 5.41 Å². The third-order valence-electron chi connectivity index (χ3n) is 5.06. The number of nitrogens with zero attached hydrogens (tertiary/aromatic N) is 3. The van der Waals surface area contributed by atoms with E-state index in [4.69, 9.17) is 0 Å². The Kier molecular flexibility index (Phi) is 4.83. The zero-order chi connectivity index (χ0) is 18.1. The Labute approximate surface area is 145 Å². The van der Waals surface area contributed by atoms with Crippen molar-refractivity contribution in [1.82, 2.24) is 14.4 Å². The number of aromatic nitrogens is 1. The van der Waals surface area contributed by atoms with Crippen molar-refractivity contribution in [2.75, 3.05) is 26.2 Å². The average molecular weight is 371 g/mol. The van der Waals surface area contributed by atoms with Crippen molar-refractivity contribution >= 4 is 21.9 Å². The Morgan fingerprint density at radius 1 is 1.24 bits per heavy atom. The number of rotatable bonds is 6. The molecule has 9 nitrogen and oxygen atoms in total. The second-order valence-electron chi connectivity index (χ2n) is 6.64. The lowest BCUT2D eigenvalue weighted by atomic mass is 9.66. The van der Waals surface area contributed by atoms with Crippen LogP contribution in [0, 0.1) is 5.41 Å². The molecular formula is C15H21N3O6S. The van der Waals surface area contributed by atoms with Gasteiger partial charge >= 0.3 is 5.97 Å². The van der Waals surface area contributed by atoms with Gasteiger partial charge < -0.3 is 14.5 Å². The number of amides is 1. The van der Waals surface area contributed by atoms with Gasteiger partial charge in [0.25, 0.3) is 0 Å². The minimum absolute atomic E-state index is 0.00593. The summed E-state index contributed by atoms with van der Waals surface area (Å²) in [5.41, 5.74) is -0.584. The van der Waals surface area contributed by atoms with Gasteiger partial charge in [0.05, 0.1) is 11.1 Å². The van der Waals surface area contributed by atoms with Crippen molar-refractivity contribution in [1.29, 1.82) is 0 Å². The van der Waals surface area contributed by atoms with Crippen molar-refractivity contribution in [3.8, 4) is 0 Å². The Bertz CT molecular complexity index is 733. The predicted octanol–water partition coefficient (Wildman–Crippen LogP) is 0.294. The molecule has 1 aliphatic carbocycles. The van der Waals surface area contributed by atoms with Crippen LogP contribution in [-0.2, 0) is 25.4 Å². The van der Waals surface area contributed by atoms with Gasteiger partial charge in [0.1, 0.15) is 12.0 Å². The highest BCUT2D eigenvalue weighted by molar-refractivity contribution is 7.88. The van der Waals surface area contributed by atoms with E-state index < -0.39 is 21.4 Å². The fraction of sp³-hybridized carbons (Fsp3) is 0.667. The van der Waals surface area contributed by atoms with Crippen molar-refractivity contribution in [3.63, 3.8) is 0 Å². The second-order valence-corrected chi connectivity index (χ2v) is 8.61. The molecule has 1 saturated heterocycles. The van der Waals surface area contributed by atoms with Crippen molar-refractivity contribution < 1.29 is 27.6 Å². The summed E-state index contributed by atoms with van der Waals surface area (Å²) in [6.07, 6.45) is 3.20. The normalized spacial score (nSPS) is 20.9. The monoisotopic (exact) mass is 371 g/mol. The van der Waals surface area contributed by atoms with Crippen LogP contribution in [0.4, 0.5) is 0 Å². The van der Waals surface area contributed by atoms with Gasteiger partial charge in [-0.25, -0.2) is 8.42 Å². The van der Waals surface area contributed by atoms with Gasteiger partial charge in [0.2, 0.25) is 15.9 Å². The number of carboxylic acid groups (broad SMARTS) is 1. The third-order valence-corrected chi connectivity index (χ3v) is 6.87. The summed E-state index contributed by atoms with van der Waals surface area (Å²) in [6, 6.07) is 1.50. The summed E-state index contributed by atoms with van der Waals surface area (Å²) in [5, 5.41) is 12.9. The molecule has 1 N–H and O–H groups in total. The van der Waals surface area contributed by atoms with Crippen LogP contribution in [0.3, 0.4) is 0 Å². The Balaban J connectivity index is 1.54. The molecule has 2 fully saturated rings. The maximum Gasteiger partial charge on any atom is 0.310 e. The lowest BCUT2D eigenvalue weighted by Gasteiger charge is -2.40. The maximum absolute atomic E-state index is 12.4. The molecule has 2 aliphatic rings. The van der Waals surface area contributed by atoms with E-state index in [9.17, 15) is 23.1 Å². The highest BCUT2D eigenvalue weighted by Gasteiger charge is 2.46. The molecule has 2 heterocycles. The third kappa shape index (κ3) is 3.69. The number of carboxylic acids is 1. The van der Waals surface area contributed by atoms with Gasteiger partial charge in [0, 0.05) is 38.7 Å². The van der Waals surface area contributed by atoms with Crippen LogP contribution in [0.15, 0.2) is 16.9 Å². The number of carbonyl (C=O) groups excluding carboxylic acids is 1. The second kappa shape index (κ2) is 6.75. The number of hydrogen-bond acceptors (Lipinski definition) is 6. The summed E-state index contributed by atoms with van der Waals surface area (Å²) in [7, 11) is -3.52. The number of aliphatic carboxylic acids is 1. The quantitative estimate of drug-likeness (QED) is 0.763. The topological polar surface area (TPSA) is 121 Å². The van der Waals surface area contributed by atoms with Gasteiger partial charge in [-0.15, -0.1) is 0 Å². The Morgan fingerprint density at radius 3 is 2.40 bits per heavy atom. The molecule has 0 aromatic carbocycles. The van der Waals surface area contributed by atoms with Crippen LogP contribution in [0.5, 0.6) is 0 Å². The van der Waals surface area contributed by atoms with E-state index in [0.717, 1.165) is 6.42 Å². The molecule has 0 unspecified atom stereocenters. The van der Waals surface area contributed by atoms with Gasteiger partial charge in [-0.2, -0.15) is 4.31 Å². The molecule has 0 bridgehead atoms. The first-order valence-electron chi connectivity index (χ1n) is 8.21. The summed E-state index contributed by atoms with van der Waals surface area (Å²) >= 11 is 0. The zero-order valence-electron chi connectivity index (χ0n) is 13.8. The van der Waals surface area contributed by atoms with E-state index >= 15 is 0 Å². The first kappa shape index (κ1) is 17.9. The van der Waals surface area contributed by atoms with Crippen molar-refractivity contribution in [2.45, 2.75) is 31.4 Å². The minimum atomic E-state index is -3.52. The molecule has 0 spiro atoms. The van der Waals surface area contributed by atoms with Crippen LogP contribution in [0.2, 0.25) is 0 Å². The van der Waals surface area contributed by atoms with Crippen molar-refractivity contribution in [3.05, 3.63) is 18.0 Å². The molecule has 0 radical (unpaired) electrons. The molecule has 1 aliphatic heterocycles. The highest BCUT2D eigenvalue weighted by atomic mass is 32.2. The molecule has 1 amide bonds. The van der Waals surface area contributed by atoms with Crippen LogP contribution in [-0.4, -0.2) is 65.9 Å². The average Bonchev–Trinajstić information content (AvgIpc) is 3.02. The molecule has 1 aromatic heterocycles. The number of piperazine rings is 1. The standard InChI is InChI=1S/C15H21N3O6S/c19-13(10-15(14(20)21)3-1-4-15)17-5-7-18(8-6-17)25(22,23)11-12-2-9-24-16-12/h2,9H,1,3-8,10-11H2,(H,20,21). The Hall–Kier alpha value is -1.94. The Morgan fingerprint density at radius 2 is 1.92 bits per heavy atom. The van der Waals surface area contributed by atoms with Gasteiger partial charge in [0.15, 0.2) is 0 Å². The largest absolute Gasteiger partial charge is 0.481 e. The van der Waals surface area contributed by atoms with E-state index in [2.05, 4.69) is 9.68 Å². The fourth-order valence-corrected chi connectivity index (χ4v) is 4.70. The van der Waals surface area contributed by atoms with Gasteiger partial charge in [-0.05, 0) is 12.8 Å². The highest BCUT2D eigenvalue weighted by Crippen LogP contribution is 2.44. The number of sulfonamides is 1. The molecule has 25 heavy (non-hydrogen) atoms. The summed E-state index contributed by atoms with van der Waals surface area (Å²) in [5.74, 6) is -1.36. The van der Waals surface area contributed by atoms with E-state index in [1.807, 2.05) is 0 Å². The summed E-state index contributed by atoms with van der Waals surface area (Å²) < 4.78 is 30.7. The van der Waals surface area contributed by atoms with E-state index in [1.54, 1.807) is 4.90 Å². The van der Waals surface area contributed by atoms with Crippen LogP contribution < -0.4 is 0 Å². The first-order valence-corrected chi connectivity index (χ1v) is 9.82. The summed E-state index contributed by atoms with van der Waals surface area (Å²) in [4.78, 5) is 25.3. The zero-order valence-corrected chi connectivity index (χ0v) is 14.6. The number of carbonyl (C=O) groups is 2. The van der Waals surface area contributed by atoms with Crippen LogP contribution in [0.25, 0.3) is 0 Å². The summed E-state index contributed by atoms with van der Waals surface area (Å²) in [6.45, 7) is 0.942. The minimum Gasteiger partial charge on any atom is -0.481 e. The predicted molar refractivity (Wildman–Crippen MR) is 85.8 cm³/mol. The lowest BCUT2D eigenvalue weighted by molar-refractivity contribution is -0.159. The van der Waals surface area contributed by atoms with Crippen LogP contribution >= 0.6 is 0 Å². The molecular weight excluding hydrogens is 350 g/mol. The van der Waals surface area contributed by atoms with Gasteiger partial charge in [-0.1, -0.05) is 11.6 Å². The maximum atomic E-state index is 12.4. The smallest absolute Gasteiger partial charge is 0.310 e.